The lowest BCUT2D eigenvalue weighted by Crippen LogP contribution is -2.27. The van der Waals surface area contributed by atoms with Crippen LogP contribution in [-0.4, -0.2) is 12.2 Å². The minimum Gasteiger partial charge on any atom is -0.366 e. The van der Waals surface area contributed by atoms with Crippen LogP contribution in [0.15, 0.2) is 36.4 Å². The van der Waals surface area contributed by atoms with Gasteiger partial charge in [0.1, 0.15) is 0 Å². The topological polar surface area (TPSA) is 9.23 Å². The Hall–Kier alpha value is -1.08. The Morgan fingerprint density at radius 1 is 1.16 bits per heavy atom. The molecular weight excluding hydrogens is 232 g/mol. The van der Waals surface area contributed by atoms with E-state index in [1.54, 1.807) is 0 Å². The van der Waals surface area contributed by atoms with Crippen molar-refractivity contribution in [1.29, 1.82) is 0 Å². The van der Waals surface area contributed by atoms with Crippen LogP contribution >= 0.6 is 0 Å². The highest BCUT2D eigenvalue weighted by Crippen LogP contribution is 2.37. The fourth-order valence-electron chi connectivity index (χ4n) is 2.81. The molecule has 0 bridgehead atoms. The molecule has 1 heteroatoms. The highest BCUT2D eigenvalue weighted by atomic mass is 16.5. The number of ether oxygens (including phenoxy) is 1. The van der Waals surface area contributed by atoms with Gasteiger partial charge in [0.15, 0.2) is 0 Å². The van der Waals surface area contributed by atoms with E-state index in [4.69, 9.17) is 4.74 Å². The van der Waals surface area contributed by atoms with Crippen LogP contribution in [0.4, 0.5) is 0 Å². The predicted octanol–water partition coefficient (Wildman–Crippen LogP) is 5.08. The van der Waals surface area contributed by atoms with Gasteiger partial charge < -0.3 is 4.74 Å². The number of hydrogen-bond acceptors (Lipinski definition) is 1. The van der Waals surface area contributed by atoms with Gasteiger partial charge in [-0.25, -0.2) is 0 Å². The van der Waals surface area contributed by atoms with Gasteiger partial charge in [-0.15, -0.1) is 0 Å². The summed E-state index contributed by atoms with van der Waals surface area (Å²) in [5.41, 5.74) is 2.66. The molecule has 0 N–H and O–H groups in total. The van der Waals surface area contributed by atoms with Gasteiger partial charge in [0.25, 0.3) is 0 Å². The van der Waals surface area contributed by atoms with Crippen LogP contribution in [0.1, 0.15) is 52.0 Å². The van der Waals surface area contributed by atoms with Crippen LogP contribution < -0.4 is 0 Å². The maximum Gasteiger partial charge on any atom is 0.0873 e. The van der Waals surface area contributed by atoms with Gasteiger partial charge in [-0.1, -0.05) is 57.5 Å². The molecule has 0 spiro atoms. The zero-order chi connectivity index (χ0) is 13.7. The molecule has 2 rings (SSSR count). The summed E-state index contributed by atoms with van der Waals surface area (Å²) < 4.78 is 6.21. The predicted molar refractivity (Wildman–Crippen MR) is 82.1 cm³/mol. The van der Waals surface area contributed by atoms with Crippen molar-refractivity contribution in [3.63, 3.8) is 0 Å². The van der Waals surface area contributed by atoms with Gasteiger partial charge >= 0.3 is 0 Å². The van der Waals surface area contributed by atoms with Crippen LogP contribution in [0.25, 0.3) is 5.57 Å². The fourth-order valence-corrected chi connectivity index (χ4v) is 2.81. The molecule has 1 aliphatic heterocycles. The molecule has 0 amide bonds. The minimum absolute atomic E-state index is 0.00973. The van der Waals surface area contributed by atoms with Crippen molar-refractivity contribution in [2.75, 3.05) is 6.61 Å². The third kappa shape index (κ3) is 3.70. The third-order valence-electron chi connectivity index (χ3n) is 3.92. The summed E-state index contributed by atoms with van der Waals surface area (Å²) in [5.74, 6) is 0.742. The van der Waals surface area contributed by atoms with Crippen LogP contribution in [0.2, 0.25) is 0 Å². The van der Waals surface area contributed by atoms with Crippen LogP contribution in [0, 0.1) is 5.92 Å². The van der Waals surface area contributed by atoms with Gasteiger partial charge in [0, 0.05) is 0 Å². The third-order valence-corrected chi connectivity index (χ3v) is 3.92. The van der Waals surface area contributed by atoms with Crippen LogP contribution in [0.5, 0.6) is 0 Å². The quantitative estimate of drug-likeness (QED) is 0.691. The standard InChI is InChI=1S/C18H26O/c1-4-11-18(12-10-15(2)3)13-17(14-19-18)16-8-6-5-7-9-16/h5-9,13,15H,4,10-12,14H2,1-3H3. The molecule has 1 aromatic rings. The lowest BCUT2D eigenvalue weighted by molar-refractivity contribution is 0.00910. The molecule has 0 aromatic heterocycles. The summed E-state index contributed by atoms with van der Waals surface area (Å²) in [6.45, 7) is 7.59. The Kier molecular flexibility index (Phi) is 4.81. The number of hydrogen-bond donors (Lipinski definition) is 0. The van der Waals surface area contributed by atoms with Crippen molar-refractivity contribution in [1.82, 2.24) is 0 Å². The highest BCUT2D eigenvalue weighted by molar-refractivity contribution is 5.69. The largest absolute Gasteiger partial charge is 0.366 e. The summed E-state index contributed by atoms with van der Waals surface area (Å²) in [6, 6.07) is 10.6. The lowest BCUT2D eigenvalue weighted by atomic mass is 9.88. The summed E-state index contributed by atoms with van der Waals surface area (Å²) >= 11 is 0. The average molecular weight is 258 g/mol. The second-order valence-corrected chi connectivity index (χ2v) is 6.07. The molecule has 1 aliphatic rings. The normalized spacial score (nSPS) is 22.8. The van der Waals surface area contributed by atoms with Crippen molar-refractivity contribution < 1.29 is 4.74 Å². The van der Waals surface area contributed by atoms with E-state index in [0.717, 1.165) is 25.4 Å². The van der Waals surface area contributed by atoms with Gasteiger partial charge in [0.05, 0.1) is 12.2 Å². The first kappa shape index (κ1) is 14.3. The zero-order valence-corrected chi connectivity index (χ0v) is 12.5. The van der Waals surface area contributed by atoms with Crippen molar-refractivity contribution in [3.05, 3.63) is 42.0 Å². The summed E-state index contributed by atoms with van der Waals surface area (Å²) in [6.07, 6.45) is 7.09. The van der Waals surface area contributed by atoms with E-state index in [9.17, 15) is 0 Å². The van der Waals surface area contributed by atoms with Crippen LogP contribution in [-0.2, 0) is 4.74 Å². The summed E-state index contributed by atoms with van der Waals surface area (Å²) in [4.78, 5) is 0. The molecule has 1 unspecified atom stereocenters. The summed E-state index contributed by atoms with van der Waals surface area (Å²) in [5, 5.41) is 0. The Bertz CT molecular complexity index is 419. The van der Waals surface area contributed by atoms with E-state index in [-0.39, 0.29) is 5.60 Å². The Morgan fingerprint density at radius 2 is 1.89 bits per heavy atom. The molecule has 0 radical (unpaired) electrons. The van der Waals surface area contributed by atoms with Crippen molar-refractivity contribution in [3.8, 4) is 0 Å². The van der Waals surface area contributed by atoms with Crippen molar-refractivity contribution >= 4 is 5.57 Å². The van der Waals surface area contributed by atoms with Gasteiger partial charge in [-0.05, 0) is 42.4 Å². The van der Waals surface area contributed by atoms with Crippen molar-refractivity contribution in [2.24, 2.45) is 5.92 Å². The Morgan fingerprint density at radius 3 is 2.53 bits per heavy atom. The molecule has 0 fully saturated rings. The monoisotopic (exact) mass is 258 g/mol. The molecule has 1 nitrogen and oxygen atoms in total. The minimum atomic E-state index is -0.00973. The second kappa shape index (κ2) is 6.38. The first-order valence-corrected chi connectivity index (χ1v) is 7.56. The first-order chi connectivity index (χ1) is 9.15. The molecule has 1 aromatic carbocycles. The Labute approximate surface area is 117 Å². The van der Waals surface area contributed by atoms with E-state index < -0.39 is 0 Å². The molecule has 1 heterocycles. The molecule has 0 saturated heterocycles. The molecule has 104 valence electrons. The lowest BCUT2D eigenvalue weighted by Gasteiger charge is -2.27. The van der Waals surface area contributed by atoms with Gasteiger partial charge in [-0.3, -0.25) is 0 Å². The smallest absolute Gasteiger partial charge is 0.0873 e. The van der Waals surface area contributed by atoms with Crippen molar-refractivity contribution in [2.45, 2.75) is 52.1 Å². The molecule has 1 atom stereocenters. The van der Waals surface area contributed by atoms with E-state index >= 15 is 0 Å². The van der Waals surface area contributed by atoms with Crippen LogP contribution in [0.3, 0.4) is 0 Å². The maximum absolute atomic E-state index is 6.21. The second-order valence-electron chi connectivity index (χ2n) is 6.07. The van der Waals surface area contributed by atoms with E-state index in [1.807, 2.05) is 0 Å². The maximum atomic E-state index is 6.21. The van der Waals surface area contributed by atoms with E-state index in [1.165, 1.54) is 24.0 Å². The number of rotatable bonds is 6. The molecular formula is C18H26O. The molecule has 19 heavy (non-hydrogen) atoms. The fraction of sp³-hybridized carbons (Fsp3) is 0.556. The number of benzene rings is 1. The average Bonchev–Trinajstić information content (AvgIpc) is 2.83. The SMILES string of the molecule is CCCC1(CCC(C)C)C=C(c2ccccc2)CO1. The zero-order valence-electron chi connectivity index (χ0n) is 12.5. The Balaban J connectivity index is 2.15. The van der Waals surface area contributed by atoms with E-state index in [2.05, 4.69) is 57.2 Å². The summed E-state index contributed by atoms with van der Waals surface area (Å²) in [7, 11) is 0. The first-order valence-electron chi connectivity index (χ1n) is 7.56. The van der Waals surface area contributed by atoms with E-state index in [0.29, 0.717) is 0 Å². The van der Waals surface area contributed by atoms with Gasteiger partial charge in [-0.2, -0.15) is 0 Å². The highest BCUT2D eigenvalue weighted by Gasteiger charge is 2.33. The van der Waals surface area contributed by atoms with Gasteiger partial charge in [0.2, 0.25) is 0 Å². The molecule has 0 saturated carbocycles. The molecule has 0 aliphatic carbocycles.